The SMILES string of the molecule is COCCC(N)CC(=O)c1ccc(C(C)(C)C)cc1. The zero-order valence-electron chi connectivity index (χ0n) is 12.4. The molecule has 0 saturated carbocycles. The number of methoxy groups -OCH3 is 1. The monoisotopic (exact) mass is 263 g/mol. The molecule has 0 amide bonds. The van der Waals surface area contributed by atoms with Crippen LogP contribution in [0.15, 0.2) is 24.3 Å². The number of Topliss-reactive ketones (excluding diaryl/α,β-unsaturated/α-hetero) is 1. The lowest BCUT2D eigenvalue weighted by molar-refractivity contribution is 0.0967. The average molecular weight is 263 g/mol. The molecule has 1 atom stereocenters. The Morgan fingerprint density at radius 2 is 1.84 bits per heavy atom. The third-order valence-electron chi connectivity index (χ3n) is 3.21. The molecule has 1 rings (SSSR count). The van der Waals surface area contributed by atoms with Crippen molar-refractivity contribution in [1.82, 2.24) is 0 Å². The fourth-order valence-electron chi connectivity index (χ4n) is 1.88. The van der Waals surface area contributed by atoms with Crippen LogP contribution in [0.3, 0.4) is 0 Å². The van der Waals surface area contributed by atoms with E-state index in [0.717, 1.165) is 5.56 Å². The van der Waals surface area contributed by atoms with Crippen molar-refractivity contribution < 1.29 is 9.53 Å². The molecule has 0 saturated heterocycles. The Kier molecular flexibility index (Phi) is 5.70. The summed E-state index contributed by atoms with van der Waals surface area (Å²) >= 11 is 0. The van der Waals surface area contributed by atoms with Gasteiger partial charge in [-0.1, -0.05) is 45.0 Å². The van der Waals surface area contributed by atoms with Crippen molar-refractivity contribution in [3.8, 4) is 0 Å². The van der Waals surface area contributed by atoms with Crippen LogP contribution in [0.25, 0.3) is 0 Å². The van der Waals surface area contributed by atoms with E-state index in [4.69, 9.17) is 10.5 Å². The Balaban J connectivity index is 2.63. The van der Waals surface area contributed by atoms with E-state index in [9.17, 15) is 4.79 Å². The van der Waals surface area contributed by atoms with Crippen LogP contribution in [0, 0.1) is 0 Å². The fraction of sp³-hybridized carbons (Fsp3) is 0.562. The zero-order valence-corrected chi connectivity index (χ0v) is 12.4. The quantitative estimate of drug-likeness (QED) is 0.803. The van der Waals surface area contributed by atoms with Crippen molar-refractivity contribution in [1.29, 1.82) is 0 Å². The van der Waals surface area contributed by atoms with Gasteiger partial charge in [-0.2, -0.15) is 0 Å². The smallest absolute Gasteiger partial charge is 0.164 e. The summed E-state index contributed by atoms with van der Waals surface area (Å²) in [4.78, 5) is 12.1. The number of ether oxygens (including phenoxy) is 1. The predicted octanol–water partition coefficient (Wildman–Crippen LogP) is 2.92. The molecule has 2 N–H and O–H groups in total. The maximum atomic E-state index is 12.1. The number of hydrogen-bond acceptors (Lipinski definition) is 3. The molecule has 0 fully saturated rings. The summed E-state index contributed by atoms with van der Waals surface area (Å²) in [6, 6.07) is 7.70. The molecule has 0 heterocycles. The minimum absolute atomic E-state index is 0.101. The standard InChI is InChI=1S/C16H25NO2/c1-16(2,3)13-7-5-12(6-8-13)15(18)11-14(17)9-10-19-4/h5-8,14H,9-11,17H2,1-4H3. The van der Waals surface area contributed by atoms with Crippen LogP contribution in [0.5, 0.6) is 0 Å². The molecule has 0 radical (unpaired) electrons. The first-order valence-corrected chi connectivity index (χ1v) is 6.73. The van der Waals surface area contributed by atoms with Gasteiger partial charge in [0.2, 0.25) is 0 Å². The highest BCUT2D eigenvalue weighted by molar-refractivity contribution is 5.96. The number of rotatable bonds is 6. The van der Waals surface area contributed by atoms with Gasteiger partial charge in [0.05, 0.1) is 0 Å². The highest BCUT2D eigenvalue weighted by Crippen LogP contribution is 2.22. The first-order valence-electron chi connectivity index (χ1n) is 6.73. The molecule has 0 aromatic heterocycles. The summed E-state index contributed by atoms with van der Waals surface area (Å²) < 4.78 is 4.96. The molecular weight excluding hydrogens is 238 g/mol. The number of hydrogen-bond donors (Lipinski definition) is 1. The highest BCUT2D eigenvalue weighted by Gasteiger charge is 2.15. The van der Waals surface area contributed by atoms with Crippen LogP contribution >= 0.6 is 0 Å². The molecule has 0 aliphatic carbocycles. The Morgan fingerprint density at radius 1 is 1.26 bits per heavy atom. The summed E-state index contributed by atoms with van der Waals surface area (Å²) in [7, 11) is 1.64. The van der Waals surface area contributed by atoms with Crippen LogP contribution in [0.1, 0.15) is 49.5 Å². The Bertz CT molecular complexity index is 404. The minimum atomic E-state index is -0.130. The zero-order chi connectivity index (χ0) is 14.5. The molecule has 0 bridgehead atoms. The van der Waals surface area contributed by atoms with Crippen molar-refractivity contribution in [2.24, 2.45) is 5.73 Å². The second kappa shape index (κ2) is 6.83. The molecule has 1 unspecified atom stereocenters. The molecule has 19 heavy (non-hydrogen) atoms. The lowest BCUT2D eigenvalue weighted by Gasteiger charge is -2.19. The number of nitrogens with two attached hydrogens (primary N) is 1. The van der Waals surface area contributed by atoms with E-state index in [2.05, 4.69) is 20.8 Å². The van der Waals surface area contributed by atoms with E-state index in [0.29, 0.717) is 19.4 Å². The molecule has 0 aliphatic heterocycles. The first kappa shape index (κ1) is 15.9. The maximum absolute atomic E-state index is 12.1. The number of ketones is 1. The largest absolute Gasteiger partial charge is 0.385 e. The molecule has 1 aromatic rings. The van der Waals surface area contributed by atoms with Crippen LogP contribution in [0.2, 0.25) is 0 Å². The molecule has 3 nitrogen and oxygen atoms in total. The van der Waals surface area contributed by atoms with E-state index < -0.39 is 0 Å². The van der Waals surface area contributed by atoms with Crippen LogP contribution in [0.4, 0.5) is 0 Å². The summed E-state index contributed by atoms with van der Waals surface area (Å²) in [5, 5.41) is 0. The van der Waals surface area contributed by atoms with Gasteiger partial charge in [0, 0.05) is 31.7 Å². The van der Waals surface area contributed by atoms with Crippen LogP contribution in [-0.2, 0) is 10.2 Å². The van der Waals surface area contributed by atoms with Crippen LogP contribution < -0.4 is 5.73 Å². The topological polar surface area (TPSA) is 52.3 Å². The van der Waals surface area contributed by atoms with Gasteiger partial charge in [0.1, 0.15) is 0 Å². The maximum Gasteiger partial charge on any atom is 0.164 e. The Labute approximate surface area is 116 Å². The van der Waals surface area contributed by atoms with Crippen LogP contribution in [-0.4, -0.2) is 25.5 Å². The van der Waals surface area contributed by atoms with Gasteiger partial charge in [-0.3, -0.25) is 4.79 Å². The minimum Gasteiger partial charge on any atom is -0.385 e. The Morgan fingerprint density at radius 3 is 2.32 bits per heavy atom. The lowest BCUT2D eigenvalue weighted by Crippen LogP contribution is -2.25. The summed E-state index contributed by atoms with van der Waals surface area (Å²) in [6.07, 6.45) is 1.08. The third-order valence-corrected chi connectivity index (χ3v) is 3.21. The molecule has 0 spiro atoms. The average Bonchev–Trinajstić information content (AvgIpc) is 2.35. The lowest BCUT2D eigenvalue weighted by atomic mass is 9.86. The van der Waals surface area contributed by atoms with Gasteiger partial charge in [-0.25, -0.2) is 0 Å². The van der Waals surface area contributed by atoms with Crippen molar-refractivity contribution in [2.45, 2.75) is 45.1 Å². The van der Waals surface area contributed by atoms with Crippen molar-refractivity contribution in [3.05, 3.63) is 35.4 Å². The third kappa shape index (κ3) is 5.13. The predicted molar refractivity (Wildman–Crippen MR) is 78.6 cm³/mol. The van der Waals surface area contributed by atoms with E-state index >= 15 is 0 Å². The number of carbonyl (C=O) groups excluding carboxylic acids is 1. The number of carbonyl (C=O) groups is 1. The van der Waals surface area contributed by atoms with Crippen molar-refractivity contribution >= 4 is 5.78 Å². The summed E-state index contributed by atoms with van der Waals surface area (Å²) in [5.74, 6) is 0.101. The molecular formula is C16H25NO2. The number of benzene rings is 1. The fourth-order valence-corrected chi connectivity index (χ4v) is 1.88. The van der Waals surface area contributed by atoms with E-state index in [1.165, 1.54) is 5.56 Å². The van der Waals surface area contributed by atoms with Crippen molar-refractivity contribution in [2.75, 3.05) is 13.7 Å². The molecule has 0 aliphatic rings. The molecule has 3 heteroatoms. The van der Waals surface area contributed by atoms with Gasteiger partial charge in [-0.15, -0.1) is 0 Å². The second-order valence-electron chi connectivity index (χ2n) is 6.00. The van der Waals surface area contributed by atoms with E-state index in [1.807, 2.05) is 24.3 Å². The summed E-state index contributed by atoms with van der Waals surface area (Å²) in [5.41, 5.74) is 7.97. The second-order valence-corrected chi connectivity index (χ2v) is 6.00. The normalized spacial score (nSPS) is 13.3. The Hall–Kier alpha value is -1.19. The van der Waals surface area contributed by atoms with Gasteiger partial charge in [-0.05, 0) is 17.4 Å². The molecule has 1 aromatic carbocycles. The van der Waals surface area contributed by atoms with Gasteiger partial charge in [0.25, 0.3) is 0 Å². The van der Waals surface area contributed by atoms with E-state index in [1.54, 1.807) is 7.11 Å². The first-order chi connectivity index (χ1) is 8.84. The summed E-state index contributed by atoms with van der Waals surface area (Å²) in [6.45, 7) is 7.07. The van der Waals surface area contributed by atoms with Gasteiger partial charge >= 0.3 is 0 Å². The highest BCUT2D eigenvalue weighted by atomic mass is 16.5. The van der Waals surface area contributed by atoms with Gasteiger partial charge in [0.15, 0.2) is 5.78 Å². The van der Waals surface area contributed by atoms with Gasteiger partial charge < -0.3 is 10.5 Å². The molecule has 106 valence electrons. The van der Waals surface area contributed by atoms with Crippen molar-refractivity contribution in [3.63, 3.8) is 0 Å². The van der Waals surface area contributed by atoms with E-state index in [-0.39, 0.29) is 17.2 Å².